The Bertz CT molecular complexity index is 1040. The molecule has 3 aromatic rings. The third kappa shape index (κ3) is 3.48. The number of nitrogens with zero attached hydrogens (tertiary/aromatic N) is 2. The van der Waals surface area contributed by atoms with Gasteiger partial charge in [0.05, 0.1) is 18.5 Å². The molecule has 0 saturated carbocycles. The largest absolute Gasteiger partial charge is 0.467 e. The van der Waals surface area contributed by atoms with E-state index in [2.05, 4.69) is 15.7 Å². The third-order valence-corrected chi connectivity index (χ3v) is 5.22. The van der Waals surface area contributed by atoms with Crippen LogP contribution in [0.2, 0.25) is 0 Å². The van der Waals surface area contributed by atoms with Crippen molar-refractivity contribution in [2.75, 3.05) is 10.6 Å². The lowest BCUT2D eigenvalue weighted by Gasteiger charge is -2.32. The Morgan fingerprint density at radius 2 is 2.07 bits per heavy atom. The summed E-state index contributed by atoms with van der Waals surface area (Å²) in [6.45, 7) is 3.78. The summed E-state index contributed by atoms with van der Waals surface area (Å²) in [5.41, 5.74) is 2.52. The molecule has 152 valence electrons. The van der Waals surface area contributed by atoms with E-state index in [0.717, 1.165) is 22.0 Å². The number of benzene rings is 1. The van der Waals surface area contributed by atoms with Crippen LogP contribution in [-0.4, -0.2) is 21.9 Å². The van der Waals surface area contributed by atoms with Crippen LogP contribution in [0.1, 0.15) is 45.7 Å². The molecule has 4 rings (SSSR count). The van der Waals surface area contributed by atoms with E-state index in [0.29, 0.717) is 11.4 Å². The van der Waals surface area contributed by atoms with E-state index < -0.39 is 24.2 Å². The minimum atomic E-state index is -4.52. The molecule has 9 heteroatoms. The molecule has 1 aromatic carbocycles. The van der Waals surface area contributed by atoms with Crippen molar-refractivity contribution in [3.8, 4) is 0 Å². The van der Waals surface area contributed by atoms with Gasteiger partial charge in [-0.15, -0.1) is 0 Å². The summed E-state index contributed by atoms with van der Waals surface area (Å²) in [6.07, 6.45) is -2.25. The van der Waals surface area contributed by atoms with Gasteiger partial charge >= 0.3 is 6.18 Å². The summed E-state index contributed by atoms with van der Waals surface area (Å²) in [6, 6.07) is 6.08. The van der Waals surface area contributed by atoms with Crippen LogP contribution in [0.5, 0.6) is 0 Å². The van der Waals surface area contributed by atoms with E-state index in [1.807, 2.05) is 19.9 Å². The number of carbonyl (C=O) groups is 1. The fourth-order valence-electron chi connectivity index (χ4n) is 3.48. The van der Waals surface area contributed by atoms with Crippen LogP contribution >= 0.6 is 0 Å². The van der Waals surface area contributed by atoms with Crippen molar-refractivity contribution >= 4 is 17.4 Å². The van der Waals surface area contributed by atoms with Crippen LogP contribution in [0.4, 0.5) is 24.7 Å². The Labute approximate surface area is 164 Å². The van der Waals surface area contributed by atoms with E-state index in [4.69, 9.17) is 4.42 Å². The van der Waals surface area contributed by atoms with Crippen LogP contribution in [0.15, 0.2) is 47.2 Å². The molecule has 2 N–H and O–H groups in total. The number of furan rings is 1. The van der Waals surface area contributed by atoms with Crippen molar-refractivity contribution in [1.29, 1.82) is 0 Å². The standard InChI is InChI=1S/C20H19F3N4O2/c1-11-5-3-6-14(12(11)2)26-19(28)13-10-24-27-17(20(21,22)23)9-15(25-18(13)27)16-7-4-8-29-16/h3-8,10,15,17,25H,9H2,1-2H3,(H,26,28)/t15-,17+/m1/s1. The number of hydrogen-bond acceptors (Lipinski definition) is 4. The Morgan fingerprint density at radius 1 is 1.28 bits per heavy atom. The number of amides is 1. The molecule has 0 unspecified atom stereocenters. The molecule has 3 heterocycles. The van der Waals surface area contributed by atoms with Gasteiger partial charge in [0.2, 0.25) is 0 Å². The minimum absolute atomic E-state index is 0.0165. The highest BCUT2D eigenvalue weighted by Crippen LogP contribution is 2.44. The van der Waals surface area contributed by atoms with E-state index in [9.17, 15) is 18.0 Å². The monoisotopic (exact) mass is 404 g/mol. The summed E-state index contributed by atoms with van der Waals surface area (Å²) < 4.78 is 47.1. The fourth-order valence-corrected chi connectivity index (χ4v) is 3.48. The lowest BCUT2D eigenvalue weighted by atomic mass is 10.0. The zero-order valence-corrected chi connectivity index (χ0v) is 15.7. The number of rotatable bonds is 3. The first-order valence-electron chi connectivity index (χ1n) is 9.07. The predicted octanol–water partition coefficient (Wildman–Crippen LogP) is 5.01. The van der Waals surface area contributed by atoms with E-state index in [1.165, 1.54) is 6.26 Å². The molecule has 0 radical (unpaired) electrons. The number of alkyl halides is 3. The molecule has 1 amide bonds. The third-order valence-electron chi connectivity index (χ3n) is 5.22. The SMILES string of the molecule is Cc1cccc(NC(=O)c2cnn3c2N[C@@H](c2ccco2)C[C@H]3C(F)(F)F)c1C. The van der Waals surface area contributed by atoms with Gasteiger partial charge in [0.15, 0.2) is 6.04 Å². The Morgan fingerprint density at radius 3 is 2.76 bits per heavy atom. The van der Waals surface area contributed by atoms with Crippen molar-refractivity contribution in [3.63, 3.8) is 0 Å². The maximum absolute atomic E-state index is 13.7. The van der Waals surface area contributed by atoms with Gasteiger partial charge in [0.25, 0.3) is 5.91 Å². The molecule has 29 heavy (non-hydrogen) atoms. The average Bonchev–Trinajstić information content (AvgIpc) is 3.33. The lowest BCUT2D eigenvalue weighted by molar-refractivity contribution is -0.174. The van der Waals surface area contributed by atoms with Crippen LogP contribution < -0.4 is 10.6 Å². The maximum Gasteiger partial charge on any atom is 0.410 e. The van der Waals surface area contributed by atoms with Gasteiger partial charge in [-0.3, -0.25) is 4.79 Å². The summed E-state index contributed by atoms with van der Waals surface area (Å²) >= 11 is 0. The number of anilines is 2. The van der Waals surface area contributed by atoms with Gasteiger partial charge in [-0.2, -0.15) is 18.3 Å². The van der Waals surface area contributed by atoms with Crippen molar-refractivity contribution in [2.45, 2.75) is 38.5 Å². The topological polar surface area (TPSA) is 72.1 Å². The highest BCUT2D eigenvalue weighted by atomic mass is 19.4. The van der Waals surface area contributed by atoms with E-state index >= 15 is 0 Å². The maximum atomic E-state index is 13.7. The average molecular weight is 404 g/mol. The quantitative estimate of drug-likeness (QED) is 0.644. The molecule has 2 aromatic heterocycles. The summed E-state index contributed by atoms with van der Waals surface area (Å²) in [5, 5.41) is 9.62. The van der Waals surface area contributed by atoms with Crippen LogP contribution in [-0.2, 0) is 0 Å². The second kappa shape index (κ2) is 6.98. The number of fused-ring (bicyclic) bond motifs is 1. The van der Waals surface area contributed by atoms with Crippen molar-refractivity contribution in [3.05, 3.63) is 65.2 Å². The Kier molecular flexibility index (Phi) is 4.60. The molecule has 6 nitrogen and oxygen atoms in total. The second-order valence-electron chi connectivity index (χ2n) is 7.06. The Balaban J connectivity index is 1.70. The molecule has 0 bridgehead atoms. The van der Waals surface area contributed by atoms with Gasteiger partial charge in [-0.1, -0.05) is 12.1 Å². The smallest absolute Gasteiger partial charge is 0.410 e. The first-order valence-corrected chi connectivity index (χ1v) is 9.07. The molecule has 1 aliphatic rings. The van der Waals surface area contributed by atoms with Crippen LogP contribution in [0.25, 0.3) is 0 Å². The molecular formula is C20H19F3N4O2. The van der Waals surface area contributed by atoms with Gasteiger partial charge in [-0.25, -0.2) is 4.68 Å². The minimum Gasteiger partial charge on any atom is -0.467 e. The molecule has 1 aliphatic heterocycles. The first kappa shape index (κ1) is 19.1. The predicted molar refractivity (Wildman–Crippen MR) is 101 cm³/mol. The van der Waals surface area contributed by atoms with Gasteiger partial charge in [0.1, 0.15) is 17.1 Å². The number of hydrogen-bond donors (Lipinski definition) is 2. The fraction of sp³-hybridized carbons (Fsp3) is 0.300. The normalized spacial score (nSPS) is 18.8. The van der Waals surface area contributed by atoms with Gasteiger partial charge in [-0.05, 0) is 43.2 Å². The molecule has 0 fully saturated rings. The summed E-state index contributed by atoms with van der Waals surface area (Å²) in [4.78, 5) is 12.9. The van der Waals surface area contributed by atoms with Crippen molar-refractivity contribution in [2.24, 2.45) is 0 Å². The highest BCUT2D eigenvalue weighted by Gasteiger charge is 2.47. The first-order chi connectivity index (χ1) is 13.8. The molecular weight excluding hydrogens is 385 g/mol. The molecule has 0 aliphatic carbocycles. The number of nitrogens with one attached hydrogen (secondary N) is 2. The Hall–Kier alpha value is -3.23. The van der Waals surface area contributed by atoms with Crippen LogP contribution in [0, 0.1) is 13.8 Å². The van der Waals surface area contributed by atoms with Crippen molar-refractivity contribution < 1.29 is 22.4 Å². The van der Waals surface area contributed by atoms with Crippen LogP contribution in [0.3, 0.4) is 0 Å². The number of carbonyl (C=O) groups excluding carboxylic acids is 1. The highest BCUT2D eigenvalue weighted by molar-refractivity contribution is 6.08. The van der Waals surface area contributed by atoms with E-state index in [1.54, 1.807) is 24.3 Å². The molecule has 2 atom stereocenters. The van der Waals surface area contributed by atoms with E-state index in [-0.39, 0.29) is 17.8 Å². The lowest BCUT2D eigenvalue weighted by Crippen LogP contribution is -2.36. The number of halogens is 3. The summed E-state index contributed by atoms with van der Waals surface area (Å²) in [5.74, 6) is -0.149. The zero-order chi connectivity index (χ0) is 20.8. The molecule has 0 saturated heterocycles. The summed E-state index contributed by atoms with van der Waals surface area (Å²) in [7, 11) is 0. The number of aryl methyl sites for hydroxylation is 1. The zero-order valence-electron chi connectivity index (χ0n) is 15.7. The van der Waals surface area contributed by atoms with Gasteiger partial charge < -0.3 is 15.1 Å². The number of aromatic nitrogens is 2. The second-order valence-corrected chi connectivity index (χ2v) is 7.06. The van der Waals surface area contributed by atoms with Crippen molar-refractivity contribution in [1.82, 2.24) is 9.78 Å². The van der Waals surface area contributed by atoms with Gasteiger partial charge in [0, 0.05) is 12.1 Å². The molecule has 0 spiro atoms.